The molecule has 0 spiro atoms. The van der Waals surface area contributed by atoms with Crippen molar-refractivity contribution in [3.63, 3.8) is 0 Å². The topological polar surface area (TPSA) is 26.0 Å². The number of benzene rings is 2. The average molecular weight is 294 g/mol. The molecule has 0 bridgehead atoms. The van der Waals surface area contributed by atoms with Crippen molar-refractivity contribution >= 4 is 23.2 Å². The maximum absolute atomic E-state index is 6.23. The summed E-state index contributed by atoms with van der Waals surface area (Å²) in [5.41, 5.74) is 9.71. The molecule has 0 aromatic heterocycles. The van der Waals surface area contributed by atoms with Crippen LogP contribution in [0.15, 0.2) is 42.5 Å². The van der Waals surface area contributed by atoms with Crippen molar-refractivity contribution in [3.05, 3.63) is 69.2 Å². The van der Waals surface area contributed by atoms with Gasteiger partial charge in [0.15, 0.2) is 0 Å². The second-order valence-corrected chi connectivity index (χ2v) is 5.49. The molecule has 1 unspecified atom stereocenters. The van der Waals surface area contributed by atoms with Gasteiger partial charge in [0, 0.05) is 16.1 Å². The summed E-state index contributed by atoms with van der Waals surface area (Å²) < 4.78 is 0. The number of rotatable bonds is 4. The van der Waals surface area contributed by atoms with E-state index >= 15 is 0 Å². The minimum absolute atomic E-state index is 0.0513. The first-order valence-corrected chi connectivity index (χ1v) is 7.14. The zero-order chi connectivity index (χ0) is 13.8. The van der Waals surface area contributed by atoms with Gasteiger partial charge in [-0.25, -0.2) is 0 Å². The highest BCUT2D eigenvalue weighted by Gasteiger charge is 2.10. The van der Waals surface area contributed by atoms with E-state index in [-0.39, 0.29) is 6.04 Å². The van der Waals surface area contributed by atoms with Crippen LogP contribution in [0.4, 0.5) is 0 Å². The average Bonchev–Trinajstić information content (AvgIpc) is 2.42. The molecule has 0 fully saturated rings. The molecule has 0 aliphatic rings. The molecule has 0 radical (unpaired) electrons. The van der Waals surface area contributed by atoms with E-state index in [4.69, 9.17) is 28.9 Å². The Hall–Kier alpha value is -1.02. The molecule has 2 rings (SSSR count). The molecule has 0 aliphatic carbocycles. The zero-order valence-corrected chi connectivity index (χ0v) is 12.4. The van der Waals surface area contributed by atoms with E-state index in [0.29, 0.717) is 16.5 Å². The smallest absolute Gasteiger partial charge is 0.0453 e. The van der Waals surface area contributed by atoms with Crippen molar-refractivity contribution in [3.8, 4) is 0 Å². The normalized spacial score (nSPS) is 12.4. The van der Waals surface area contributed by atoms with Crippen LogP contribution in [0.1, 0.15) is 29.7 Å². The highest BCUT2D eigenvalue weighted by Crippen LogP contribution is 2.25. The van der Waals surface area contributed by atoms with Gasteiger partial charge in [-0.3, -0.25) is 0 Å². The van der Waals surface area contributed by atoms with E-state index in [9.17, 15) is 0 Å². The van der Waals surface area contributed by atoms with Crippen molar-refractivity contribution in [2.75, 3.05) is 0 Å². The Morgan fingerprint density at radius 2 is 1.74 bits per heavy atom. The highest BCUT2D eigenvalue weighted by atomic mass is 35.5. The minimum Gasteiger partial charge on any atom is -0.324 e. The summed E-state index contributed by atoms with van der Waals surface area (Å²) in [6.07, 6.45) is 1.75. The molecule has 100 valence electrons. The van der Waals surface area contributed by atoms with Crippen molar-refractivity contribution in [2.45, 2.75) is 25.8 Å². The van der Waals surface area contributed by atoms with Gasteiger partial charge in [-0.1, -0.05) is 60.5 Å². The monoisotopic (exact) mass is 293 g/mol. The Bertz CT molecular complexity index is 549. The van der Waals surface area contributed by atoms with Gasteiger partial charge in [0.2, 0.25) is 0 Å². The summed E-state index contributed by atoms with van der Waals surface area (Å²) in [4.78, 5) is 0. The summed E-state index contributed by atoms with van der Waals surface area (Å²) in [5.74, 6) is 0. The number of aryl methyl sites for hydroxylation is 1. The third-order valence-electron chi connectivity index (χ3n) is 3.27. The lowest BCUT2D eigenvalue weighted by atomic mass is 9.98. The lowest BCUT2D eigenvalue weighted by molar-refractivity contribution is 0.721. The first-order chi connectivity index (χ1) is 9.10. The van der Waals surface area contributed by atoms with Crippen LogP contribution in [0, 0.1) is 0 Å². The predicted octanol–water partition coefficient (Wildman–Crippen LogP) is 4.80. The van der Waals surface area contributed by atoms with Crippen LogP contribution in [0.25, 0.3) is 0 Å². The molecule has 19 heavy (non-hydrogen) atoms. The molecular weight excluding hydrogens is 277 g/mol. The maximum atomic E-state index is 6.23. The second-order valence-electron chi connectivity index (χ2n) is 4.64. The first kappa shape index (κ1) is 14.4. The van der Waals surface area contributed by atoms with Gasteiger partial charge in [0.25, 0.3) is 0 Å². The van der Waals surface area contributed by atoms with Crippen molar-refractivity contribution in [1.29, 1.82) is 0 Å². The maximum Gasteiger partial charge on any atom is 0.0453 e. The molecule has 2 aromatic carbocycles. The van der Waals surface area contributed by atoms with E-state index in [1.165, 1.54) is 5.56 Å². The fourth-order valence-electron chi connectivity index (χ4n) is 2.04. The van der Waals surface area contributed by atoms with E-state index in [0.717, 1.165) is 17.5 Å². The van der Waals surface area contributed by atoms with Gasteiger partial charge in [-0.15, -0.1) is 0 Å². The molecule has 0 aliphatic heterocycles. The molecule has 0 saturated carbocycles. The van der Waals surface area contributed by atoms with Gasteiger partial charge < -0.3 is 5.73 Å². The lowest BCUT2D eigenvalue weighted by Crippen LogP contribution is -2.13. The van der Waals surface area contributed by atoms with Gasteiger partial charge in [-0.2, -0.15) is 0 Å². The third kappa shape index (κ3) is 3.73. The Morgan fingerprint density at radius 1 is 1.05 bits per heavy atom. The molecular formula is C16H17Cl2N. The molecule has 2 N–H and O–H groups in total. The van der Waals surface area contributed by atoms with E-state index in [1.807, 2.05) is 12.1 Å². The van der Waals surface area contributed by atoms with Crippen LogP contribution in [0.2, 0.25) is 10.0 Å². The molecule has 0 amide bonds. The van der Waals surface area contributed by atoms with Crippen LogP contribution in [0.3, 0.4) is 0 Å². The lowest BCUT2D eigenvalue weighted by Gasteiger charge is -2.14. The summed E-state index contributed by atoms with van der Waals surface area (Å²) >= 11 is 12.1. The Labute approximate surface area is 124 Å². The number of nitrogens with two attached hydrogens (primary N) is 1. The molecule has 2 aromatic rings. The molecule has 1 atom stereocenters. The third-order valence-corrected chi connectivity index (χ3v) is 3.86. The predicted molar refractivity (Wildman–Crippen MR) is 82.9 cm³/mol. The Kier molecular flexibility index (Phi) is 4.87. The minimum atomic E-state index is -0.0513. The highest BCUT2D eigenvalue weighted by molar-refractivity contribution is 6.35. The summed E-state index contributed by atoms with van der Waals surface area (Å²) in [6.45, 7) is 2.14. The van der Waals surface area contributed by atoms with Crippen LogP contribution >= 0.6 is 23.2 Å². The second kappa shape index (κ2) is 6.42. The molecule has 0 saturated heterocycles. The van der Waals surface area contributed by atoms with Crippen molar-refractivity contribution in [2.24, 2.45) is 5.73 Å². The standard InChI is InChI=1S/C16H17Cl2N/c1-2-11-3-5-12(6-4-11)16(19)9-13-7-8-14(17)10-15(13)18/h3-8,10,16H,2,9,19H2,1H3. The number of hydrogen-bond acceptors (Lipinski definition) is 1. The number of halogens is 2. The zero-order valence-electron chi connectivity index (χ0n) is 10.9. The van der Waals surface area contributed by atoms with Crippen LogP contribution in [0.5, 0.6) is 0 Å². The van der Waals surface area contributed by atoms with Crippen LogP contribution in [-0.2, 0) is 12.8 Å². The Morgan fingerprint density at radius 3 is 2.32 bits per heavy atom. The number of hydrogen-bond donors (Lipinski definition) is 1. The van der Waals surface area contributed by atoms with Crippen LogP contribution < -0.4 is 5.73 Å². The Balaban J connectivity index is 2.13. The largest absolute Gasteiger partial charge is 0.324 e. The molecule has 0 heterocycles. The quantitative estimate of drug-likeness (QED) is 0.861. The van der Waals surface area contributed by atoms with E-state index < -0.39 is 0 Å². The summed E-state index contributed by atoms with van der Waals surface area (Å²) in [6, 6.07) is 13.9. The fraction of sp³-hybridized carbons (Fsp3) is 0.250. The van der Waals surface area contributed by atoms with Gasteiger partial charge in [0.1, 0.15) is 0 Å². The molecule has 3 heteroatoms. The first-order valence-electron chi connectivity index (χ1n) is 6.38. The van der Waals surface area contributed by atoms with E-state index in [2.05, 4.69) is 31.2 Å². The fourth-order valence-corrected chi connectivity index (χ4v) is 2.53. The van der Waals surface area contributed by atoms with Crippen molar-refractivity contribution in [1.82, 2.24) is 0 Å². The SMILES string of the molecule is CCc1ccc(C(N)Cc2ccc(Cl)cc2Cl)cc1. The van der Waals surface area contributed by atoms with Gasteiger partial charge >= 0.3 is 0 Å². The van der Waals surface area contributed by atoms with Crippen LogP contribution in [-0.4, -0.2) is 0 Å². The van der Waals surface area contributed by atoms with E-state index in [1.54, 1.807) is 6.07 Å². The van der Waals surface area contributed by atoms with Crippen molar-refractivity contribution < 1.29 is 0 Å². The molecule has 1 nitrogen and oxygen atoms in total. The van der Waals surface area contributed by atoms with Gasteiger partial charge in [-0.05, 0) is 41.7 Å². The van der Waals surface area contributed by atoms with Gasteiger partial charge in [0.05, 0.1) is 0 Å². The summed E-state index contributed by atoms with van der Waals surface area (Å²) in [7, 11) is 0. The summed E-state index contributed by atoms with van der Waals surface area (Å²) in [5, 5.41) is 1.32.